The van der Waals surface area contributed by atoms with E-state index in [0.717, 1.165) is 5.56 Å². The van der Waals surface area contributed by atoms with Crippen molar-refractivity contribution < 1.29 is 19.4 Å². The van der Waals surface area contributed by atoms with Crippen molar-refractivity contribution >= 4 is 5.97 Å². The van der Waals surface area contributed by atoms with Gasteiger partial charge in [-0.15, -0.1) is 0 Å². The minimum atomic E-state index is -1.04. The average molecular weight is 334 g/mol. The van der Waals surface area contributed by atoms with Gasteiger partial charge >= 0.3 is 5.97 Å². The molecule has 0 aliphatic heterocycles. The third-order valence-electron chi connectivity index (χ3n) is 3.65. The highest BCUT2D eigenvalue weighted by atomic mass is 16.5. The van der Waals surface area contributed by atoms with Crippen molar-refractivity contribution in [2.24, 2.45) is 0 Å². The zero-order valence-electron chi connectivity index (χ0n) is 13.5. The number of hydrogen-bond acceptors (Lipinski definition) is 3. The smallest absolute Gasteiger partial charge is 0.349 e. The van der Waals surface area contributed by atoms with Crippen molar-refractivity contribution in [3.63, 3.8) is 0 Å². The molecule has 1 atom stereocenters. The van der Waals surface area contributed by atoms with Crippen LogP contribution in [-0.2, 0) is 11.4 Å². The van der Waals surface area contributed by atoms with E-state index in [0.29, 0.717) is 23.7 Å². The van der Waals surface area contributed by atoms with Crippen molar-refractivity contribution in [3.8, 4) is 11.5 Å². The lowest BCUT2D eigenvalue weighted by Gasteiger charge is -2.16. The summed E-state index contributed by atoms with van der Waals surface area (Å²) in [5.74, 6) is 0.140. The second-order valence-electron chi connectivity index (χ2n) is 5.49. The van der Waals surface area contributed by atoms with Crippen LogP contribution in [0.4, 0.5) is 0 Å². The Balaban J connectivity index is 1.64. The predicted octanol–water partition coefficient (Wildman–Crippen LogP) is 4.47. The minimum Gasteiger partial charge on any atom is -0.489 e. The molecule has 0 spiro atoms. The lowest BCUT2D eigenvalue weighted by Crippen LogP contribution is -2.18. The van der Waals surface area contributed by atoms with Gasteiger partial charge in [-0.2, -0.15) is 0 Å². The second-order valence-corrected chi connectivity index (χ2v) is 5.49. The summed E-state index contributed by atoms with van der Waals surface area (Å²) in [6.45, 7) is 0.475. The van der Waals surface area contributed by atoms with Crippen molar-refractivity contribution in [2.75, 3.05) is 0 Å². The van der Waals surface area contributed by atoms with E-state index in [1.54, 1.807) is 48.5 Å². The Bertz CT molecular complexity index is 798. The molecule has 3 aromatic carbocycles. The van der Waals surface area contributed by atoms with E-state index in [-0.39, 0.29) is 0 Å². The summed E-state index contributed by atoms with van der Waals surface area (Å²) in [5, 5.41) is 9.40. The summed E-state index contributed by atoms with van der Waals surface area (Å²) in [4.78, 5) is 11.5. The van der Waals surface area contributed by atoms with Crippen LogP contribution in [0, 0.1) is 0 Å². The van der Waals surface area contributed by atoms with Crippen LogP contribution in [-0.4, -0.2) is 11.1 Å². The zero-order valence-corrected chi connectivity index (χ0v) is 13.5. The van der Waals surface area contributed by atoms with Gasteiger partial charge in [-0.1, -0.05) is 60.7 Å². The first-order valence-electron chi connectivity index (χ1n) is 7.93. The molecule has 4 nitrogen and oxygen atoms in total. The van der Waals surface area contributed by atoms with Crippen LogP contribution in [0.1, 0.15) is 17.2 Å². The summed E-state index contributed by atoms with van der Waals surface area (Å²) in [6, 6.07) is 25.7. The van der Waals surface area contributed by atoms with Gasteiger partial charge in [0.2, 0.25) is 6.10 Å². The fourth-order valence-electron chi connectivity index (χ4n) is 2.38. The Labute approximate surface area is 146 Å². The fourth-order valence-corrected chi connectivity index (χ4v) is 2.38. The predicted molar refractivity (Wildman–Crippen MR) is 94.7 cm³/mol. The maximum absolute atomic E-state index is 11.5. The topological polar surface area (TPSA) is 55.8 Å². The van der Waals surface area contributed by atoms with Gasteiger partial charge in [0.15, 0.2) is 0 Å². The highest BCUT2D eigenvalue weighted by molar-refractivity contribution is 5.74. The normalized spacial score (nSPS) is 11.5. The second kappa shape index (κ2) is 8.02. The van der Waals surface area contributed by atoms with Crippen LogP contribution >= 0.6 is 0 Å². The van der Waals surface area contributed by atoms with E-state index in [1.807, 2.05) is 36.4 Å². The first-order chi connectivity index (χ1) is 12.2. The molecule has 0 amide bonds. The quantitative estimate of drug-likeness (QED) is 0.692. The Morgan fingerprint density at radius 1 is 0.800 bits per heavy atom. The van der Waals surface area contributed by atoms with E-state index in [2.05, 4.69) is 0 Å². The molecule has 0 fully saturated rings. The highest BCUT2D eigenvalue weighted by Crippen LogP contribution is 2.25. The van der Waals surface area contributed by atoms with E-state index in [1.165, 1.54) is 0 Å². The molecule has 25 heavy (non-hydrogen) atoms. The lowest BCUT2D eigenvalue weighted by atomic mass is 10.1. The molecule has 0 radical (unpaired) electrons. The first kappa shape index (κ1) is 16.6. The molecule has 0 aromatic heterocycles. The van der Waals surface area contributed by atoms with Gasteiger partial charge < -0.3 is 14.6 Å². The molecule has 0 heterocycles. The number of aliphatic carboxylic acids is 1. The van der Waals surface area contributed by atoms with Gasteiger partial charge in [0.1, 0.15) is 18.1 Å². The maximum atomic E-state index is 11.5. The molecule has 0 bridgehead atoms. The molecular formula is C21H18O4. The standard InChI is InChI=1S/C21H18O4/c22-21(23)20(17-9-5-2-6-10-17)25-19-13-11-18(12-14-19)24-15-16-7-3-1-4-8-16/h1-14,20H,15H2,(H,22,23). The van der Waals surface area contributed by atoms with Crippen LogP contribution in [0.25, 0.3) is 0 Å². The minimum absolute atomic E-state index is 0.475. The van der Waals surface area contributed by atoms with E-state index < -0.39 is 12.1 Å². The summed E-state index contributed by atoms with van der Waals surface area (Å²) < 4.78 is 11.3. The number of carboxylic acid groups (broad SMARTS) is 1. The Kier molecular flexibility index (Phi) is 5.32. The Morgan fingerprint density at radius 3 is 1.96 bits per heavy atom. The van der Waals surface area contributed by atoms with E-state index in [9.17, 15) is 9.90 Å². The number of ether oxygens (including phenoxy) is 2. The summed E-state index contributed by atoms with van der Waals surface area (Å²) in [7, 11) is 0. The molecule has 0 saturated heterocycles. The molecule has 3 rings (SSSR count). The number of rotatable bonds is 7. The molecule has 1 unspecified atom stereocenters. The van der Waals surface area contributed by atoms with Crippen LogP contribution in [0.5, 0.6) is 11.5 Å². The maximum Gasteiger partial charge on any atom is 0.349 e. The van der Waals surface area contributed by atoms with Gasteiger partial charge in [-0.3, -0.25) is 0 Å². The largest absolute Gasteiger partial charge is 0.489 e. The van der Waals surface area contributed by atoms with Gasteiger partial charge in [-0.25, -0.2) is 4.79 Å². The van der Waals surface area contributed by atoms with Crippen molar-refractivity contribution in [1.29, 1.82) is 0 Å². The van der Waals surface area contributed by atoms with E-state index in [4.69, 9.17) is 9.47 Å². The van der Waals surface area contributed by atoms with Gasteiger partial charge in [0.05, 0.1) is 0 Å². The highest BCUT2D eigenvalue weighted by Gasteiger charge is 2.21. The van der Waals surface area contributed by atoms with Gasteiger partial charge in [-0.05, 0) is 29.8 Å². The third-order valence-corrected chi connectivity index (χ3v) is 3.65. The molecule has 0 aliphatic rings. The van der Waals surface area contributed by atoms with Gasteiger partial charge in [0, 0.05) is 5.56 Å². The van der Waals surface area contributed by atoms with E-state index >= 15 is 0 Å². The molecular weight excluding hydrogens is 316 g/mol. The van der Waals surface area contributed by atoms with Crippen LogP contribution in [0.2, 0.25) is 0 Å². The summed E-state index contributed by atoms with van der Waals surface area (Å²) in [6.07, 6.45) is -1.04. The Morgan fingerprint density at radius 2 is 1.36 bits per heavy atom. The van der Waals surface area contributed by atoms with Crippen LogP contribution in [0.15, 0.2) is 84.9 Å². The zero-order chi connectivity index (χ0) is 17.5. The summed E-state index contributed by atoms with van der Waals surface area (Å²) in [5.41, 5.74) is 1.68. The molecule has 0 saturated carbocycles. The number of benzene rings is 3. The van der Waals surface area contributed by atoms with Gasteiger partial charge in [0.25, 0.3) is 0 Å². The lowest BCUT2D eigenvalue weighted by molar-refractivity contribution is -0.145. The Hall–Kier alpha value is -3.27. The molecule has 1 N–H and O–H groups in total. The van der Waals surface area contributed by atoms with Crippen molar-refractivity contribution in [1.82, 2.24) is 0 Å². The van der Waals surface area contributed by atoms with Crippen LogP contribution < -0.4 is 9.47 Å². The molecule has 126 valence electrons. The fraction of sp³-hybridized carbons (Fsp3) is 0.0952. The summed E-state index contributed by atoms with van der Waals surface area (Å²) >= 11 is 0. The molecule has 4 heteroatoms. The number of hydrogen-bond donors (Lipinski definition) is 1. The van der Waals surface area contributed by atoms with Crippen molar-refractivity contribution in [3.05, 3.63) is 96.1 Å². The molecule has 0 aliphatic carbocycles. The number of carbonyl (C=O) groups is 1. The van der Waals surface area contributed by atoms with Crippen molar-refractivity contribution in [2.45, 2.75) is 12.7 Å². The third kappa shape index (κ3) is 4.61. The monoisotopic (exact) mass is 334 g/mol. The first-order valence-corrected chi connectivity index (χ1v) is 7.93. The van der Waals surface area contributed by atoms with Crippen LogP contribution in [0.3, 0.4) is 0 Å². The average Bonchev–Trinajstić information content (AvgIpc) is 2.66. The molecule has 3 aromatic rings. The SMILES string of the molecule is O=C(O)C(Oc1ccc(OCc2ccccc2)cc1)c1ccccc1. The number of carboxylic acids is 1.